The number of piperazine rings is 1. The number of methoxy groups -OCH3 is 1. The van der Waals surface area contributed by atoms with Gasteiger partial charge in [0.1, 0.15) is 5.52 Å². The standard InChI is InChI=1S/C15H17N3O4/c1-21-15(20)18-6-4-17(5-7-18)14(19)9-11-2-3-12-13(8-11)22-10-16-12/h2-3,8,10H,4-7,9H2,1H3. The Hall–Kier alpha value is -2.57. The highest BCUT2D eigenvalue weighted by atomic mass is 16.5. The van der Waals surface area contributed by atoms with Gasteiger partial charge in [-0.1, -0.05) is 6.07 Å². The highest BCUT2D eigenvalue weighted by Gasteiger charge is 2.24. The fourth-order valence-corrected chi connectivity index (χ4v) is 2.56. The van der Waals surface area contributed by atoms with Gasteiger partial charge in [-0.2, -0.15) is 0 Å². The summed E-state index contributed by atoms with van der Waals surface area (Å²) >= 11 is 0. The number of fused-ring (bicyclic) bond motifs is 1. The number of carbonyl (C=O) groups is 2. The second-order valence-electron chi connectivity index (χ2n) is 5.17. The van der Waals surface area contributed by atoms with Crippen LogP contribution in [0.15, 0.2) is 29.0 Å². The summed E-state index contributed by atoms with van der Waals surface area (Å²) in [6, 6.07) is 5.56. The summed E-state index contributed by atoms with van der Waals surface area (Å²) in [6.07, 6.45) is 1.36. The lowest BCUT2D eigenvalue weighted by Crippen LogP contribution is -2.50. The number of carbonyl (C=O) groups excluding carboxylic acids is 2. The fourth-order valence-electron chi connectivity index (χ4n) is 2.56. The Morgan fingerprint density at radius 2 is 1.95 bits per heavy atom. The zero-order valence-corrected chi connectivity index (χ0v) is 12.3. The maximum Gasteiger partial charge on any atom is 0.409 e. The molecular formula is C15H17N3O4. The van der Waals surface area contributed by atoms with E-state index in [1.54, 1.807) is 9.80 Å². The summed E-state index contributed by atoms with van der Waals surface area (Å²) in [5.74, 6) is 0.0448. The van der Waals surface area contributed by atoms with E-state index < -0.39 is 0 Å². The third kappa shape index (κ3) is 2.88. The van der Waals surface area contributed by atoms with Crippen LogP contribution >= 0.6 is 0 Å². The fraction of sp³-hybridized carbons (Fsp3) is 0.400. The highest BCUT2D eigenvalue weighted by Crippen LogP contribution is 2.15. The minimum atomic E-state index is -0.345. The number of hydrogen-bond donors (Lipinski definition) is 0. The first-order valence-corrected chi connectivity index (χ1v) is 7.10. The van der Waals surface area contributed by atoms with E-state index in [1.165, 1.54) is 13.5 Å². The molecule has 2 heterocycles. The van der Waals surface area contributed by atoms with Gasteiger partial charge in [0, 0.05) is 26.2 Å². The minimum Gasteiger partial charge on any atom is -0.453 e. The van der Waals surface area contributed by atoms with Gasteiger partial charge in [0.05, 0.1) is 13.5 Å². The van der Waals surface area contributed by atoms with E-state index in [-0.39, 0.29) is 12.0 Å². The van der Waals surface area contributed by atoms with E-state index in [4.69, 9.17) is 4.42 Å². The van der Waals surface area contributed by atoms with Crippen LogP contribution in [-0.4, -0.2) is 60.1 Å². The molecule has 1 aromatic carbocycles. The molecule has 0 saturated carbocycles. The second-order valence-corrected chi connectivity index (χ2v) is 5.17. The first-order chi connectivity index (χ1) is 10.7. The molecule has 0 aliphatic carbocycles. The largest absolute Gasteiger partial charge is 0.453 e. The van der Waals surface area contributed by atoms with Gasteiger partial charge in [-0.3, -0.25) is 4.79 Å². The molecule has 0 N–H and O–H groups in total. The summed E-state index contributed by atoms with van der Waals surface area (Å²) in [5, 5.41) is 0. The summed E-state index contributed by atoms with van der Waals surface area (Å²) in [6.45, 7) is 2.05. The van der Waals surface area contributed by atoms with Gasteiger partial charge in [-0.05, 0) is 17.7 Å². The van der Waals surface area contributed by atoms with Crippen molar-refractivity contribution in [2.45, 2.75) is 6.42 Å². The molecule has 1 aliphatic heterocycles. The zero-order valence-electron chi connectivity index (χ0n) is 12.3. The highest BCUT2D eigenvalue weighted by molar-refractivity contribution is 5.81. The predicted molar refractivity (Wildman–Crippen MR) is 78.3 cm³/mol. The van der Waals surface area contributed by atoms with E-state index >= 15 is 0 Å². The molecule has 2 aromatic rings. The van der Waals surface area contributed by atoms with Crippen molar-refractivity contribution in [2.24, 2.45) is 0 Å². The molecule has 0 spiro atoms. The molecule has 22 heavy (non-hydrogen) atoms. The molecule has 0 radical (unpaired) electrons. The minimum absolute atomic E-state index is 0.0448. The molecule has 1 aromatic heterocycles. The first kappa shape index (κ1) is 14.4. The Balaban J connectivity index is 1.59. The van der Waals surface area contributed by atoms with Crippen molar-refractivity contribution in [3.63, 3.8) is 0 Å². The van der Waals surface area contributed by atoms with Crippen LogP contribution in [0.1, 0.15) is 5.56 Å². The SMILES string of the molecule is COC(=O)N1CCN(C(=O)Cc2ccc3ncoc3c2)CC1. The van der Waals surface area contributed by atoms with Crippen molar-refractivity contribution < 1.29 is 18.7 Å². The van der Waals surface area contributed by atoms with Crippen LogP contribution in [0.5, 0.6) is 0 Å². The lowest BCUT2D eigenvalue weighted by atomic mass is 10.1. The molecule has 0 unspecified atom stereocenters. The van der Waals surface area contributed by atoms with Crippen LogP contribution in [0.2, 0.25) is 0 Å². The number of amides is 2. The lowest BCUT2D eigenvalue weighted by molar-refractivity contribution is -0.132. The number of oxazole rings is 1. The van der Waals surface area contributed by atoms with Gasteiger partial charge >= 0.3 is 6.09 Å². The van der Waals surface area contributed by atoms with Crippen molar-refractivity contribution in [1.29, 1.82) is 0 Å². The number of benzene rings is 1. The van der Waals surface area contributed by atoms with Gasteiger partial charge in [0.25, 0.3) is 0 Å². The smallest absolute Gasteiger partial charge is 0.409 e. The summed E-state index contributed by atoms with van der Waals surface area (Å²) in [7, 11) is 1.36. The Morgan fingerprint density at radius 1 is 1.23 bits per heavy atom. The maximum absolute atomic E-state index is 12.3. The van der Waals surface area contributed by atoms with Gasteiger partial charge in [-0.15, -0.1) is 0 Å². The average molecular weight is 303 g/mol. The van der Waals surface area contributed by atoms with Crippen molar-refractivity contribution in [2.75, 3.05) is 33.3 Å². The third-order valence-corrected chi connectivity index (χ3v) is 3.82. The van der Waals surface area contributed by atoms with Crippen molar-refractivity contribution in [3.8, 4) is 0 Å². The van der Waals surface area contributed by atoms with Crippen LogP contribution in [0, 0.1) is 0 Å². The summed E-state index contributed by atoms with van der Waals surface area (Å²) in [5.41, 5.74) is 2.35. The number of nitrogens with zero attached hydrogens (tertiary/aromatic N) is 3. The molecule has 0 atom stereocenters. The Kier molecular flexibility index (Phi) is 3.95. The summed E-state index contributed by atoms with van der Waals surface area (Å²) in [4.78, 5) is 31.2. The maximum atomic E-state index is 12.3. The van der Waals surface area contributed by atoms with Crippen LogP contribution < -0.4 is 0 Å². The predicted octanol–water partition coefficient (Wildman–Crippen LogP) is 1.28. The Labute approximate surface area is 127 Å². The molecule has 7 nitrogen and oxygen atoms in total. The van der Waals surface area contributed by atoms with Crippen LogP contribution in [-0.2, 0) is 16.0 Å². The Bertz CT molecular complexity index is 689. The second kappa shape index (κ2) is 6.05. The van der Waals surface area contributed by atoms with E-state index in [1.807, 2.05) is 18.2 Å². The van der Waals surface area contributed by atoms with Crippen molar-refractivity contribution in [3.05, 3.63) is 30.2 Å². The van der Waals surface area contributed by atoms with Crippen LogP contribution in [0.4, 0.5) is 4.79 Å². The van der Waals surface area contributed by atoms with Gasteiger partial charge in [-0.25, -0.2) is 9.78 Å². The quantitative estimate of drug-likeness (QED) is 0.835. The molecular weight excluding hydrogens is 286 g/mol. The molecule has 1 fully saturated rings. The molecule has 2 amide bonds. The van der Waals surface area contributed by atoms with Gasteiger partial charge < -0.3 is 19.0 Å². The van der Waals surface area contributed by atoms with Crippen molar-refractivity contribution in [1.82, 2.24) is 14.8 Å². The number of hydrogen-bond acceptors (Lipinski definition) is 5. The van der Waals surface area contributed by atoms with E-state index in [9.17, 15) is 9.59 Å². The zero-order chi connectivity index (χ0) is 15.5. The van der Waals surface area contributed by atoms with Crippen molar-refractivity contribution >= 4 is 23.1 Å². The molecule has 0 bridgehead atoms. The number of aromatic nitrogens is 1. The average Bonchev–Trinajstić information content (AvgIpc) is 3.02. The summed E-state index contributed by atoms with van der Waals surface area (Å²) < 4.78 is 9.93. The molecule has 1 aliphatic rings. The first-order valence-electron chi connectivity index (χ1n) is 7.10. The van der Waals surface area contributed by atoms with E-state index in [0.29, 0.717) is 38.2 Å². The van der Waals surface area contributed by atoms with Gasteiger partial charge in [0.2, 0.25) is 5.91 Å². The molecule has 116 valence electrons. The van der Waals surface area contributed by atoms with E-state index in [0.717, 1.165) is 11.1 Å². The normalized spacial score (nSPS) is 15.1. The van der Waals surface area contributed by atoms with Crippen LogP contribution in [0.25, 0.3) is 11.1 Å². The third-order valence-electron chi connectivity index (χ3n) is 3.82. The van der Waals surface area contributed by atoms with E-state index in [2.05, 4.69) is 9.72 Å². The molecule has 1 saturated heterocycles. The molecule has 3 rings (SSSR count). The van der Waals surface area contributed by atoms with Crippen LogP contribution in [0.3, 0.4) is 0 Å². The number of rotatable bonds is 2. The lowest BCUT2D eigenvalue weighted by Gasteiger charge is -2.33. The monoisotopic (exact) mass is 303 g/mol. The number of ether oxygens (including phenoxy) is 1. The molecule has 7 heteroatoms. The van der Waals surface area contributed by atoms with Gasteiger partial charge in [0.15, 0.2) is 12.0 Å². The topological polar surface area (TPSA) is 75.9 Å². The Morgan fingerprint density at radius 3 is 2.68 bits per heavy atom.